The average molecular weight is 592 g/mol. The minimum Gasteiger partial charge on any atom is -0.344 e. The Bertz CT molecular complexity index is 1790. The van der Waals surface area contributed by atoms with Crippen molar-refractivity contribution in [1.29, 1.82) is 0 Å². The summed E-state index contributed by atoms with van der Waals surface area (Å²) in [5.74, 6) is -0.972. The van der Waals surface area contributed by atoms with Gasteiger partial charge in [-0.2, -0.15) is 0 Å². The molecule has 0 spiro atoms. The fraction of sp³-hybridized carbons (Fsp3) is 0.148. The van der Waals surface area contributed by atoms with E-state index in [-0.39, 0.29) is 27.8 Å². The minimum atomic E-state index is -4.06. The van der Waals surface area contributed by atoms with E-state index in [1.54, 1.807) is 39.0 Å². The van der Waals surface area contributed by atoms with Gasteiger partial charge in [0.1, 0.15) is 0 Å². The lowest BCUT2D eigenvalue weighted by Crippen LogP contribution is -2.16. The molecule has 42 heavy (non-hydrogen) atoms. The highest BCUT2D eigenvalue weighted by atomic mass is 32.2. The zero-order valence-electron chi connectivity index (χ0n) is 22.8. The highest BCUT2D eigenvalue weighted by Gasteiger charge is 2.29. The van der Waals surface area contributed by atoms with Crippen LogP contribution in [-0.4, -0.2) is 34.1 Å². The number of nitrogens with one attached hydrogen (secondary N) is 3. The van der Waals surface area contributed by atoms with Crippen molar-refractivity contribution < 1.29 is 23.1 Å². The molecule has 0 radical (unpaired) electrons. The number of amides is 1. The molecule has 0 fully saturated rings. The van der Waals surface area contributed by atoms with Crippen LogP contribution in [0.3, 0.4) is 0 Å². The van der Waals surface area contributed by atoms with Crippen molar-refractivity contribution >= 4 is 50.3 Å². The lowest BCUT2D eigenvalue weighted by molar-refractivity contribution is -0.392. The molecule has 3 aromatic carbocycles. The summed E-state index contributed by atoms with van der Waals surface area (Å²) >= 11 is 0. The maximum absolute atomic E-state index is 13.0. The number of hydrogen-bond donors (Lipinski definition) is 3. The summed E-state index contributed by atoms with van der Waals surface area (Å²) in [4.78, 5) is 43.1. The van der Waals surface area contributed by atoms with Gasteiger partial charge < -0.3 is 10.6 Å². The molecule has 0 aliphatic rings. The molecule has 3 N–H and O–H groups in total. The molecule has 0 saturated carbocycles. The van der Waals surface area contributed by atoms with Crippen molar-refractivity contribution in [2.75, 3.05) is 15.4 Å². The molecule has 0 bridgehead atoms. The Labute approximate surface area is 240 Å². The van der Waals surface area contributed by atoms with E-state index in [0.717, 1.165) is 17.7 Å². The van der Waals surface area contributed by atoms with E-state index in [1.165, 1.54) is 24.3 Å². The Morgan fingerprint density at radius 1 is 0.810 bits per heavy atom. The van der Waals surface area contributed by atoms with Gasteiger partial charge in [-0.25, -0.2) is 23.1 Å². The third kappa shape index (κ3) is 6.64. The van der Waals surface area contributed by atoms with Crippen LogP contribution in [-0.2, 0) is 10.0 Å². The largest absolute Gasteiger partial charge is 0.344 e. The van der Waals surface area contributed by atoms with E-state index in [1.807, 2.05) is 13.0 Å². The van der Waals surface area contributed by atoms with Gasteiger partial charge >= 0.3 is 11.4 Å². The van der Waals surface area contributed by atoms with Gasteiger partial charge in [0.05, 0.1) is 20.3 Å². The van der Waals surface area contributed by atoms with Crippen LogP contribution in [0, 0.1) is 47.9 Å². The van der Waals surface area contributed by atoms with Gasteiger partial charge in [-0.05, 0) is 69.7 Å². The second-order valence-electron chi connectivity index (χ2n) is 9.41. The number of carbonyl (C=O) groups excluding carboxylic acids is 1. The molecule has 1 heterocycles. The lowest BCUT2D eigenvalue weighted by atomic mass is 10.1. The van der Waals surface area contributed by atoms with Gasteiger partial charge in [0.2, 0.25) is 5.95 Å². The predicted molar refractivity (Wildman–Crippen MR) is 156 cm³/mol. The van der Waals surface area contributed by atoms with Crippen molar-refractivity contribution in [3.05, 3.63) is 109 Å². The Morgan fingerprint density at radius 2 is 1.38 bits per heavy atom. The van der Waals surface area contributed by atoms with Crippen molar-refractivity contribution in [1.82, 2.24) is 9.97 Å². The second-order valence-corrected chi connectivity index (χ2v) is 11.1. The number of benzene rings is 3. The first-order chi connectivity index (χ1) is 19.7. The van der Waals surface area contributed by atoms with E-state index >= 15 is 0 Å². The standard InChI is InChI=1S/C27H25N7O7S/c1-15-5-10-22(16(2)11-15)31-25-23(33(36)37)13-19(14-24(25)34(38)39)26(35)30-20-6-8-21(9-7-20)42(40,41)32-27-28-17(3)12-18(4)29-27/h5-14,31H,1-4H3,(H,30,35)(H,28,29,32). The van der Waals surface area contributed by atoms with E-state index < -0.39 is 37.2 Å². The van der Waals surface area contributed by atoms with Crippen LogP contribution in [0.4, 0.5) is 34.4 Å². The Morgan fingerprint density at radius 3 is 1.90 bits per heavy atom. The van der Waals surface area contributed by atoms with Crippen LogP contribution in [0.15, 0.2) is 65.6 Å². The number of aryl methyl sites for hydroxylation is 4. The summed E-state index contributed by atoms with van der Waals surface area (Å²) in [7, 11) is -4.06. The number of nitro groups is 2. The molecule has 0 saturated heterocycles. The van der Waals surface area contributed by atoms with Gasteiger partial charge in [0, 0.05) is 34.9 Å². The molecule has 1 aromatic heterocycles. The monoisotopic (exact) mass is 591 g/mol. The summed E-state index contributed by atoms with van der Waals surface area (Å²) in [5, 5.41) is 29.0. The van der Waals surface area contributed by atoms with Gasteiger partial charge in [0.25, 0.3) is 15.9 Å². The van der Waals surface area contributed by atoms with E-state index in [0.29, 0.717) is 22.6 Å². The molecule has 216 valence electrons. The SMILES string of the molecule is Cc1ccc(Nc2c([N+](=O)[O-])cc(C(=O)Nc3ccc(S(=O)(=O)Nc4nc(C)cc(C)n4)cc3)cc2[N+](=O)[O-])c(C)c1. The first-order valence-corrected chi connectivity index (χ1v) is 13.8. The molecule has 0 unspecified atom stereocenters. The van der Waals surface area contributed by atoms with Crippen LogP contribution >= 0.6 is 0 Å². The molecule has 14 nitrogen and oxygen atoms in total. The fourth-order valence-electron chi connectivity index (χ4n) is 4.12. The molecule has 4 aromatic rings. The minimum absolute atomic E-state index is 0.0939. The second kappa shape index (κ2) is 11.6. The third-order valence-electron chi connectivity index (χ3n) is 6.02. The highest BCUT2D eigenvalue weighted by Crippen LogP contribution is 2.38. The molecular weight excluding hydrogens is 566 g/mol. The molecule has 15 heteroatoms. The van der Waals surface area contributed by atoms with Crippen LogP contribution < -0.4 is 15.4 Å². The summed E-state index contributed by atoms with van der Waals surface area (Å²) in [6, 6.07) is 13.8. The van der Waals surface area contributed by atoms with Gasteiger partial charge in [0.15, 0.2) is 5.69 Å². The van der Waals surface area contributed by atoms with Crippen LogP contribution in [0.2, 0.25) is 0 Å². The smallest absolute Gasteiger partial charge is 0.300 e. The van der Waals surface area contributed by atoms with Crippen molar-refractivity contribution in [2.24, 2.45) is 0 Å². The number of nitrogens with zero attached hydrogens (tertiary/aromatic N) is 4. The molecule has 1 amide bonds. The highest BCUT2D eigenvalue weighted by molar-refractivity contribution is 7.92. The van der Waals surface area contributed by atoms with Crippen molar-refractivity contribution in [3.8, 4) is 0 Å². The number of sulfonamides is 1. The summed E-state index contributed by atoms with van der Waals surface area (Å²) in [6.07, 6.45) is 0. The van der Waals surface area contributed by atoms with E-state index in [2.05, 4.69) is 25.3 Å². The van der Waals surface area contributed by atoms with Crippen LogP contribution in [0.5, 0.6) is 0 Å². The first-order valence-electron chi connectivity index (χ1n) is 12.3. The van der Waals surface area contributed by atoms with Crippen molar-refractivity contribution in [3.63, 3.8) is 0 Å². The zero-order valence-corrected chi connectivity index (χ0v) is 23.6. The maximum atomic E-state index is 13.0. The van der Waals surface area contributed by atoms with Crippen molar-refractivity contribution in [2.45, 2.75) is 32.6 Å². The van der Waals surface area contributed by atoms with Crippen LogP contribution in [0.25, 0.3) is 0 Å². The summed E-state index contributed by atoms with van der Waals surface area (Å²) < 4.78 is 27.8. The fourth-order valence-corrected chi connectivity index (χ4v) is 5.06. The van der Waals surface area contributed by atoms with Gasteiger partial charge in [-0.15, -0.1) is 0 Å². The quantitative estimate of drug-likeness (QED) is 0.169. The number of nitro benzene ring substituents is 2. The Hall–Kier alpha value is -5.44. The van der Waals surface area contributed by atoms with Crippen LogP contribution in [0.1, 0.15) is 32.9 Å². The first kappa shape index (κ1) is 29.5. The maximum Gasteiger partial charge on any atom is 0.300 e. The summed E-state index contributed by atoms with van der Waals surface area (Å²) in [5.41, 5.74) is 1.32. The molecule has 0 aliphatic heterocycles. The molecular formula is C27H25N7O7S. The normalized spacial score (nSPS) is 11.0. The zero-order chi connectivity index (χ0) is 30.8. The van der Waals surface area contributed by atoms with Gasteiger partial charge in [-0.3, -0.25) is 25.0 Å². The Balaban J connectivity index is 1.60. The number of rotatable bonds is 9. The average Bonchev–Trinajstić information content (AvgIpc) is 2.89. The Kier molecular flexibility index (Phi) is 8.15. The molecule has 0 aliphatic carbocycles. The number of anilines is 4. The number of hydrogen-bond acceptors (Lipinski definition) is 10. The number of carbonyl (C=O) groups is 1. The topological polar surface area (TPSA) is 199 Å². The third-order valence-corrected chi connectivity index (χ3v) is 7.37. The van der Waals surface area contributed by atoms with E-state index in [4.69, 9.17) is 0 Å². The van der Waals surface area contributed by atoms with Gasteiger partial charge in [-0.1, -0.05) is 17.7 Å². The predicted octanol–water partition coefficient (Wildman–Crippen LogP) is 5.32. The van der Waals surface area contributed by atoms with E-state index in [9.17, 15) is 33.4 Å². The lowest BCUT2D eigenvalue weighted by Gasteiger charge is -2.13. The number of aromatic nitrogens is 2. The summed E-state index contributed by atoms with van der Waals surface area (Å²) in [6.45, 7) is 7.00. The molecule has 0 atom stereocenters. The molecule has 4 rings (SSSR count).